The highest BCUT2D eigenvalue weighted by Gasteiger charge is 2.33. The first kappa shape index (κ1) is 21.5. The number of phenols is 1. The molecule has 0 radical (unpaired) electrons. The zero-order valence-corrected chi connectivity index (χ0v) is 17.8. The first-order chi connectivity index (χ1) is 14.4. The number of rotatable bonds is 6. The number of benzene rings is 2. The van der Waals surface area contributed by atoms with Crippen molar-refractivity contribution in [3.8, 4) is 11.5 Å². The molecule has 1 aliphatic heterocycles. The van der Waals surface area contributed by atoms with Crippen molar-refractivity contribution in [2.45, 2.75) is 20.8 Å². The lowest BCUT2D eigenvalue weighted by atomic mass is 10.1. The molecule has 6 nitrogen and oxygen atoms in total. The van der Waals surface area contributed by atoms with Crippen LogP contribution in [0, 0.1) is 6.92 Å². The SMILES string of the molecule is CCOC(=O)C1=C(O)C(=Cc2ccc(O)c(C)c2)SC1=Nc1ccc(OCC)cc1. The normalized spacial score (nSPS) is 16.4. The predicted molar refractivity (Wildman–Crippen MR) is 119 cm³/mol. The number of nitrogens with zero attached hydrogens (tertiary/aromatic N) is 1. The van der Waals surface area contributed by atoms with E-state index in [2.05, 4.69) is 4.99 Å². The summed E-state index contributed by atoms with van der Waals surface area (Å²) in [6, 6.07) is 12.3. The summed E-state index contributed by atoms with van der Waals surface area (Å²) in [5.74, 6) is 0.125. The maximum Gasteiger partial charge on any atom is 0.344 e. The van der Waals surface area contributed by atoms with Gasteiger partial charge in [-0.2, -0.15) is 0 Å². The smallest absolute Gasteiger partial charge is 0.344 e. The Morgan fingerprint density at radius 2 is 1.83 bits per heavy atom. The Hall–Kier alpha value is -3.19. The van der Waals surface area contributed by atoms with E-state index < -0.39 is 5.97 Å². The second-order valence-electron chi connectivity index (χ2n) is 6.44. The van der Waals surface area contributed by atoms with Gasteiger partial charge in [-0.3, -0.25) is 0 Å². The first-order valence-corrected chi connectivity index (χ1v) is 10.4. The molecule has 0 aliphatic carbocycles. The Morgan fingerprint density at radius 3 is 2.47 bits per heavy atom. The number of esters is 1. The minimum Gasteiger partial charge on any atom is -0.508 e. The minimum absolute atomic E-state index is 0.0393. The van der Waals surface area contributed by atoms with Crippen LogP contribution in [0.5, 0.6) is 11.5 Å². The van der Waals surface area contributed by atoms with E-state index in [1.165, 1.54) is 11.8 Å². The molecule has 0 saturated carbocycles. The van der Waals surface area contributed by atoms with Crippen molar-refractivity contribution < 1.29 is 24.5 Å². The Balaban J connectivity index is 1.99. The van der Waals surface area contributed by atoms with Crippen molar-refractivity contribution in [3.63, 3.8) is 0 Å². The largest absolute Gasteiger partial charge is 0.508 e. The standard InChI is InChI=1S/C23H23NO5S/c1-4-28-17-9-7-16(8-10-17)24-22-20(23(27)29-5-2)21(26)19(30-22)13-15-6-11-18(25)14(3)12-15/h6-13,25-26H,4-5H2,1-3H3. The fourth-order valence-electron chi connectivity index (χ4n) is 2.81. The molecule has 0 atom stereocenters. The zero-order valence-electron chi connectivity index (χ0n) is 17.0. The molecule has 2 aromatic rings. The first-order valence-electron chi connectivity index (χ1n) is 9.54. The van der Waals surface area contributed by atoms with Crippen molar-refractivity contribution in [2.75, 3.05) is 13.2 Å². The van der Waals surface area contributed by atoms with Gasteiger partial charge in [-0.15, -0.1) is 0 Å². The van der Waals surface area contributed by atoms with Crippen LogP contribution >= 0.6 is 11.8 Å². The average molecular weight is 426 g/mol. The van der Waals surface area contributed by atoms with Gasteiger partial charge in [0.05, 0.1) is 23.8 Å². The van der Waals surface area contributed by atoms with Gasteiger partial charge in [0.15, 0.2) is 0 Å². The van der Waals surface area contributed by atoms with Crippen LogP contribution in [0.2, 0.25) is 0 Å². The molecule has 2 aromatic carbocycles. The second-order valence-corrected chi connectivity index (χ2v) is 7.48. The number of aliphatic hydroxyl groups is 1. The third-order valence-corrected chi connectivity index (χ3v) is 5.29. The number of hydrogen-bond donors (Lipinski definition) is 2. The van der Waals surface area contributed by atoms with Crippen LogP contribution in [0.4, 0.5) is 5.69 Å². The van der Waals surface area contributed by atoms with E-state index >= 15 is 0 Å². The summed E-state index contributed by atoms with van der Waals surface area (Å²) in [4.78, 5) is 17.5. The van der Waals surface area contributed by atoms with E-state index in [0.29, 0.717) is 27.8 Å². The van der Waals surface area contributed by atoms with Crippen LogP contribution in [-0.4, -0.2) is 34.4 Å². The van der Waals surface area contributed by atoms with Crippen molar-refractivity contribution in [1.29, 1.82) is 0 Å². The van der Waals surface area contributed by atoms with Gasteiger partial charge < -0.3 is 19.7 Å². The molecule has 0 fully saturated rings. The number of ether oxygens (including phenoxy) is 2. The minimum atomic E-state index is -0.627. The molecule has 2 N–H and O–H groups in total. The molecule has 30 heavy (non-hydrogen) atoms. The Kier molecular flexibility index (Phi) is 6.84. The second kappa shape index (κ2) is 9.54. The van der Waals surface area contributed by atoms with Crippen LogP contribution in [0.3, 0.4) is 0 Å². The van der Waals surface area contributed by atoms with Gasteiger partial charge >= 0.3 is 5.97 Å². The topological polar surface area (TPSA) is 88.4 Å². The summed E-state index contributed by atoms with van der Waals surface area (Å²) in [6.45, 7) is 6.16. The third-order valence-electron chi connectivity index (χ3n) is 4.27. The summed E-state index contributed by atoms with van der Waals surface area (Å²) in [6.07, 6.45) is 1.74. The summed E-state index contributed by atoms with van der Waals surface area (Å²) >= 11 is 1.19. The summed E-state index contributed by atoms with van der Waals surface area (Å²) < 4.78 is 10.6. The molecule has 0 unspecified atom stereocenters. The van der Waals surface area contributed by atoms with Crippen LogP contribution in [0.25, 0.3) is 6.08 Å². The van der Waals surface area contributed by atoms with Crippen molar-refractivity contribution in [1.82, 2.24) is 0 Å². The van der Waals surface area contributed by atoms with Crippen molar-refractivity contribution >= 4 is 34.5 Å². The fraction of sp³-hybridized carbons (Fsp3) is 0.217. The molecule has 7 heteroatoms. The number of aliphatic hydroxyl groups excluding tert-OH is 1. The van der Waals surface area contributed by atoms with Crippen molar-refractivity contribution in [2.24, 2.45) is 4.99 Å². The summed E-state index contributed by atoms with van der Waals surface area (Å²) in [5, 5.41) is 20.8. The number of carbonyl (C=O) groups is 1. The molecule has 1 heterocycles. The third kappa shape index (κ3) is 4.86. The lowest BCUT2D eigenvalue weighted by Crippen LogP contribution is -2.12. The number of aromatic hydroxyl groups is 1. The number of aliphatic imine (C=N–C) groups is 1. The van der Waals surface area contributed by atoms with Gasteiger partial charge in [0.25, 0.3) is 0 Å². The van der Waals surface area contributed by atoms with Crippen LogP contribution in [0.1, 0.15) is 25.0 Å². The maximum atomic E-state index is 12.5. The van der Waals surface area contributed by atoms with Crippen LogP contribution < -0.4 is 4.74 Å². The quantitative estimate of drug-likeness (QED) is 0.611. The summed E-state index contributed by atoms with van der Waals surface area (Å²) in [5.41, 5.74) is 2.16. The highest BCUT2D eigenvalue weighted by Crippen LogP contribution is 2.40. The van der Waals surface area contributed by atoms with E-state index in [1.54, 1.807) is 62.4 Å². The predicted octanol–water partition coefficient (Wildman–Crippen LogP) is 5.29. The van der Waals surface area contributed by atoms with Crippen LogP contribution in [0.15, 0.2) is 63.7 Å². The average Bonchev–Trinajstić information content (AvgIpc) is 3.01. The molecular formula is C23H23NO5S. The van der Waals surface area contributed by atoms with E-state index in [-0.39, 0.29) is 23.7 Å². The Morgan fingerprint density at radius 1 is 1.10 bits per heavy atom. The Bertz CT molecular complexity index is 1040. The molecule has 0 amide bonds. The molecule has 3 rings (SSSR count). The maximum absolute atomic E-state index is 12.5. The number of phenolic OH excluding ortho intramolecular Hbond substituents is 1. The zero-order chi connectivity index (χ0) is 21.7. The number of aryl methyl sites for hydroxylation is 1. The monoisotopic (exact) mass is 425 g/mol. The van der Waals surface area contributed by atoms with Gasteiger partial charge in [0, 0.05) is 0 Å². The van der Waals surface area contributed by atoms with Gasteiger partial charge in [-0.25, -0.2) is 9.79 Å². The van der Waals surface area contributed by atoms with E-state index in [4.69, 9.17) is 9.47 Å². The lowest BCUT2D eigenvalue weighted by molar-refractivity contribution is -0.138. The fourth-order valence-corrected chi connectivity index (χ4v) is 3.85. The number of carbonyl (C=O) groups excluding carboxylic acids is 1. The van der Waals surface area contributed by atoms with E-state index in [0.717, 1.165) is 11.3 Å². The van der Waals surface area contributed by atoms with E-state index in [9.17, 15) is 15.0 Å². The molecule has 0 aromatic heterocycles. The number of thioether (sulfide) groups is 1. The Labute approximate surface area is 179 Å². The van der Waals surface area contributed by atoms with Gasteiger partial charge in [0.1, 0.15) is 27.9 Å². The molecule has 0 saturated heterocycles. The van der Waals surface area contributed by atoms with Crippen molar-refractivity contribution in [3.05, 3.63) is 69.8 Å². The van der Waals surface area contributed by atoms with Gasteiger partial charge in [0.2, 0.25) is 0 Å². The molecule has 156 valence electrons. The van der Waals surface area contributed by atoms with E-state index in [1.807, 2.05) is 6.92 Å². The molecule has 0 spiro atoms. The van der Waals surface area contributed by atoms with Gasteiger partial charge in [-0.1, -0.05) is 17.8 Å². The lowest BCUT2D eigenvalue weighted by Gasteiger charge is -2.05. The number of hydrogen-bond acceptors (Lipinski definition) is 7. The highest BCUT2D eigenvalue weighted by atomic mass is 32.2. The van der Waals surface area contributed by atoms with Gasteiger partial charge in [-0.05, 0) is 74.4 Å². The summed E-state index contributed by atoms with van der Waals surface area (Å²) in [7, 11) is 0. The highest BCUT2D eigenvalue weighted by molar-refractivity contribution is 8.18. The van der Waals surface area contributed by atoms with Crippen LogP contribution in [-0.2, 0) is 9.53 Å². The molecule has 0 bridgehead atoms. The molecule has 1 aliphatic rings. The molecular weight excluding hydrogens is 402 g/mol.